The summed E-state index contributed by atoms with van der Waals surface area (Å²) in [6, 6.07) is 0.917. The monoisotopic (exact) mass is 362 g/mol. The van der Waals surface area contributed by atoms with Crippen molar-refractivity contribution < 1.29 is 27.8 Å². The normalized spacial score (nSPS) is 15.9. The Morgan fingerprint density at radius 2 is 2.12 bits per heavy atom. The van der Waals surface area contributed by atoms with Gasteiger partial charge in [-0.25, -0.2) is 9.88 Å². The van der Waals surface area contributed by atoms with E-state index in [9.17, 15) is 18.0 Å². The van der Waals surface area contributed by atoms with Gasteiger partial charge in [0.25, 0.3) is 11.7 Å². The van der Waals surface area contributed by atoms with E-state index in [2.05, 4.69) is 16.2 Å². The van der Waals surface area contributed by atoms with Gasteiger partial charge < -0.3 is 10.2 Å². The zero-order valence-corrected chi connectivity index (χ0v) is 13.6. The number of halogens is 4. The van der Waals surface area contributed by atoms with Crippen molar-refractivity contribution in [3.05, 3.63) is 22.8 Å². The van der Waals surface area contributed by atoms with Crippen LogP contribution in [-0.2, 0) is 11.0 Å². The third kappa shape index (κ3) is 4.76. The van der Waals surface area contributed by atoms with Gasteiger partial charge in [0.1, 0.15) is 37.4 Å². The number of pyridine rings is 1. The number of quaternary nitrogens is 1. The number of piperazine rings is 1. The average molecular weight is 363 g/mol. The molecule has 130 valence electrons. The quantitative estimate of drug-likeness (QED) is 0.718. The van der Waals surface area contributed by atoms with Crippen molar-refractivity contribution in [3.63, 3.8) is 0 Å². The first-order valence-electron chi connectivity index (χ1n) is 7.38. The zero-order chi connectivity index (χ0) is 17.7. The molecule has 1 aromatic heterocycles. The molecular formula is C15H18ClF3N4O+2. The molecule has 0 radical (unpaired) electrons. The Kier molecular flexibility index (Phi) is 5.91. The number of alkyl halides is 3. The van der Waals surface area contributed by atoms with Gasteiger partial charge in [0, 0.05) is 0 Å². The summed E-state index contributed by atoms with van der Waals surface area (Å²) in [6.45, 7) is 3.04. The summed E-state index contributed by atoms with van der Waals surface area (Å²) in [4.78, 5) is 17.2. The van der Waals surface area contributed by atoms with Gasteiger partial charge in [-0.3, -0.25) is 4.79 Å². The number of hydrogen-bond donors (Lipinski definition) is 2. The minimum absolute atomic E-state index is 0.0278. The Balaban J connectivity index is 1.93. The summed E-state index contributed by atoms with van der Waals surface area (Å²) in [5, 5.41) is 2.64. The molecule has 2 heterocycles. The third-order valence-electron chi connectivity index (χ3n) is 3.79. The Morgan fingerprint density at radius 1 is 1.46 bits per heavy atom. The maximum atomic E-state index is 12.7. The van der Waals surface area contributed by atoms with Gasteiger partial charge in [-0.15, -0.1) is 6.42 Å². The molecule has 0 bridgehead atoms. The van der Waals surface area contributed by atoms with Crippen LogP contribution in [0.4, 0.5) is 19.0 Å². The minimum Gasteiger partial charge on any atom is -0.340 e. The molecule has 0 saturated carbocycles. The molecule has 5 nitrogen and oxygen atoms in total. The number of carbonyl (C=O) groups excluding carboxylic acids is 1. The predicted octanol–water partition coefficient (Wildman–Crippen LogP) is -0.373. The van der Waals surface area contributed by atoms with E-state index in [0.717, 1.165) is 17.2 Å². The van der Waals surface area contributed by atoms with Gasteiger partial charge >= 0.3 is 6.18 Å². The second-order valence-electron chi connectivity index (χ2n) is 5.48. The number of nitrogens with zero attached hydrogens (tertiary/aromatic N) is 1. The largest absolute Gasteiger partial charge is 0.419 e. The lowest BCUT2D eigenvalue weighted by molar-refractivity contribution is -0.892. The number of anilines is 1. The van der Waals surface area contributed by atoms with Gasteiger partial charge in [0.05, 0.1) is 12.1 Å². The summed E-state index contributed by atoms with van der Waals surface area (Å²) < 4.78 is 38.0. The first-order chi connectivity index (χ1) is 11.3. The molecule has 9 heteroatoms. The van der Waals surface area contributed by atoms with E-state index >= 15 is 0 Å². The predicted molar refractivity (Wildman–Crippen MR) is 82.6 cm³/mol. The molecule has 24 heavy (non-hydrogen) atoms. The van der Waals surface area contributed by atoms with Crippen molar-refractivity contribution in [1.29, 1.82) is 0 Å². The van der Waals surface area contributed by atoms with E-state index in [1.807, 2.05) is 4.90 Å². The van der Waals surface area contributed by atoms with E-state index in [1.165, 1.54) is 0 Å². The summed E-state index contributed by atoms with van der Waals surface area (Å²) in [5.41, 5.74) is -0.814. The zero-order valence-electron chi connectivity index (χ0n) is 12.8. The number of hydrogen-bond acceptors (Lipinski definition) is 2. The number of aromatic amines is 1. The molecule has 0 unspecified atom stereocenters. The van der Waals surface area contributed by atoms with E-state index in [4.69, 9.17) is 18.0 Å². The molecule has 1 aliphatic heterocycles. The van der Waals surface area contributed by atoms with Crippen molar-refractivity contribution in [1.82, 2.24) is 5.32 Å². The summed E-state index contributed by atoms with van der Waals surface area (Å²) in [7, 11) is 0. The fourth-order valence-corrected chi connectivity index (χ4v) is 2.82. The highest BCUT2D eigenvalue weighted by atomic mass is 35.5. The van der Waals surface area contributed by atoms with E-state index < -0.39 is 11.7 Å². The van der Waals surface area contributed by atoms with Crippen LogP contribution in [-0.4, -0.2) is 45.2 Å². The lowest BCUT2D eigenvalue weighted by Gasteiger charge is -2.28. The highest BCUT2D eigenvalue weighted by Gasteiger charge is 2.35. The second-order valence-corrected chi connectivity index (χ2v) is 5.88. The Labute approximate surface area is 142 Å². The van der Waals surface area contributed by atoms with Crippen molar-refractivity contribution in [2.75, 3.05) is 44.2 Å². The van der Waals surface area contributed by atoms with E-state index in [-0.39, 0.29) is 17.5 Å². The molecule has 1 aliphatic rings. The molecule has 1 fully saturated rings. The lowest BCUT2D eigenvalue weighted by atomic mass is 10.2. The first-order valence-corrected chi connectivity index (χ1v) is 7.76. The summed E-state index contributed by atoms with van der Waals surface area (Å²) in [5.74, 6) is 2.68. The Bertz CT molecular complexity index is 637. The number of rotatable bonds is 4. The molecular weight excluding hydrogens is 345 g/mol. The molecule has 1 saturated heterocycles. The van der Waals surface area contributed by atoms with Crippen molar-refractivity contribution in [3.8, 4) is 12.3 Å². The van der Waals surface area contributed by atoms with Crippen LogP contribution in [0.3, 0.4) is 0 Å². The number of nitrogens with one attached hydrogen (secondary N) is 3. The number of terminal acetylenes is 1. The van der Waals surface area contributed by atoms with Crippen LogP contribution in [0.25, 0.3) is 0 Å². The second kappa shape index (κ2) is 7.73. The number of H-pyrrole nitrogens is 1. The Morgan fingerprint density at radius 3 is 2.67 bits per heavy atom. The van der Waals surface area contributed by atoms with Gasteiger partial charge in [-0.2, -0.15) is 13.2 Å². The highest BCUT2D eigenvalue weighted by molar-refractivity contribution is 6.32. The van der Waals surface area contributed by atoms with Crippen molar-refractivity contribution >= 4 is 23.3 Å². The molecule has 2 rings (SSSR count). The smallest absolute Gasteiger partial charge is 0.340 e. The summed E-state index contributed by atoms with van der Waals surface area (Å²) in [6.07, 6.45) is 1.55. The van der Waals surface area contributed by atoms with Gasteiger partial charge in [0.15, 0.2) is 6.54 Å². The van der Waals surface area contributed by atoms with Crippen LogP contribution in [0.15, 0.2) is 12.3 Å². The maximum Gasteiger partial charge on any atom is 0.419 e. The first kappa shape index (κ1) is 18.4. The minimum atomic E-state index is -4.44. The standard InChI is InChI=1S/C15H16ClF3N4O/c1-2-3-20-13(24)10-22-4-6-23(7-5-22)14-12(16)8-11(9-21-14)15(17,18)19/h1,8-9H,3-7,10H2,(H,20,24)/p+2. The Hall–Kier alpha value is -1.98. The number of aromatic nitrogens is 1. The van der Waals surface area contributed by atoms with Gasteiger partial charge in [0.2, 0.25) is 0 Å². The molecule has 3 N–H and O–H groups in total. The fraction of sp³-hybridized carbons (Fsp3) is 0.467. The maximum absolute atomic E-state index is 12.7. The molecule has 1 amide bonds. The van der Waals surface area contributed by atoms with Gasteiger partial charge in [-0.1, -0.05) is 17.5 Å². The molecule has 0 spiro atoms. The number of carbonyl (C=O) groups is 1. The molecule has 1 aromatic rings. The van der Waals surface area contributed by atoms with Crippen LogP contribution in [0.5, 0.6) is 0 Å². The van der Waals surface area contributed by atoms with Crippen LogP contribution < -0.4 is 20.1 Å². The third-order valence-corrected chi connectivity index (χ3v) is 4.07. The van der Waals surface area contributed by atoms with Crippen molar-refractivity contribution in [2.24, 2.45) is 0 Å². The average Bonchev–Trinajstić information content (AvgIpc) is 2.53. The van der Waals surface area contributed by atoms with Crippen molar-refractivity contribution in [2.45, 2.75) is 6.18 Å². The number of amides is 1. The van der Waals surface area contributed by atoms with E-state index in [1.54, 1.807) is 0 Å². The molecule has 0 aliphatic carbocycles. The summed E-state index contributed by atoms with van der Waals surface area (Å²) >= 11 is 5.98. The SMILES string of the molecule is C#CCNC(=O)C[NH+]1CCN(c2[nH+]cc(C(F)(F)F)cc2Cl)CC1. The van der Waals surface area contributed by atoms with Crippen LogP contribution in [0.2, 0.25) is 5.02 Å². The van der Waals surface area contributed by atoms with Crippen LogP contribution >= 0.6 is 11.6 Å². The lowest BCUT2D eigenvalue weighted by Crippen LogP contribution is -3.16. The highest BCUT2D eigenvalue weighted by Crippen LogP contribution is 2.31. The van der Waals surface area contributed by atoms with Crippen LogP contribution in [0, 0.1) is 12.3 Å². The fourth-order valence-electron chi connectivity index (χ4n) is 2.53. The molecule has 0 atom stereocenters. The van der Waals surface area contributed by atoms with E-state index in [0.29, 0.717) is 38.5 Å². The van der Waals surface area contributed by atoms with Gasteiger partial charge in [-0.05, 0) is 6.07 Å². The molecule has 0 aromatic carbocycles. The van der Waals surface area contributed by atoms with Crippen LogP contribution in [0.1, 0.15) is 5.56 Å². The topological polar surface area (TPSA) is 50.9 Å².